The number of aliphatic hydroxyl groups excluding tert-OH is 1. The van der Waals surface area contributed by atoms with Gasteiger partial charge in [-0.1, -0.05) is 18.2 Å². The van der Waals surface area contributed by atoms with E-state index in [1.807, 2.05) is 42.2 Å². The van der Waals surface area contributed by atoms with Gasteiger partial charge in [-0.05, 0) is 56.3 Å². The minimum absolute atomic E-state index is 0.0389. The van der Waals surface area contributed by atoms with E-state index in [0.29, 0.717) is 31.9 Å². The highest BCUT2D eigenvalue weighted by atomic mass is 32.2. The Labute approximate surface area is 204 Å². The summed E-state index contributed by atoms with van der Waals surface area (Å²) in [5.74, 6) is -1.45. The van der Waals surface area contributed by atoms with Crippen LogP contribution in [0.3, 0.4) is 0 Å². The predicted octanol–water partition coefficient (Wildman–Crippen LogP) is 2.17. The minimum atomic E-state index is -3.92. The summed E-state index contributed by atoms with van der Waals surface area (Å²) in [5, 5.41) is 19.7. The number of nitrogens with one attached hydrogen (secondary N) is 1. The Balaban J connectivity index is 1.43. The van der Waals surface area contributed by atoms with Crippen LogP contribution in [-0.4, -0.2) is 66.8 Å². The molecule has 2 atom stereocenters. The molecule has 0 radical (unpaired) electrons. The van der Waals surface area contributed by atoms with Crippen LogP contribution in [0.1, 0.15) is 17.7 Å². The van der Waals surface area contributed by atoms with E-state index in [1.165, 1.54) is 12.1 Å². The van der Waals surface area contributed by atoms with Gasteiger partial charge < -0.3 is 19.8 Å². The number of β-amino-alcohol motifs (C(OH)–C–C–N with tert-alkyl or cyclic N) is 1. The fourth-order valence-corrected chi connectivity index (χ4v) is 5.72. The molecule has 0 bridgehead atoms. The molecule has 0 spiro atoms. The number of aliphatic hydroxyl groups is 1. The fraction of sp³-hybridized carbons (Fsp3) is 0.360. The van der Waals surface area contributed by atoms with Crippen molar-refractivity contribution in [3.63, 3.8) is 0 Å². The summed E-state index contributed by atoms with van der Waals surface area (Å²) in [5.41, 5.74) is 2.76. The number of carboxylic acid groups (broad SMARTS) is 1. The number of aryl methyl sites for hydroxylation is 1. The highest BCUT2D eigenvalue weighted by molar-refractivity contribution is 7.89. The fourth-order valence-electron chi connectivity index (χ4n) is 4.41. The second kappa shape index (κ2) is 10.7. The van der Waals surface area contributed by atoms with Crippen molar-refractivity contribution in [1.29, 1.82) is 0 Å². The van der Waals surface area contributed by atoms with Crippen molar-refractivity contribution in [2.75, 3.05) is 26.2 Å². The first kappa shape index (κ1) is 25.1. The molecule has 2 heterocycles. The first-order valence-corrected chi connectivity index (χ1v) is 12.9. The second-order valence-electron chi connectivity index (χ2n) is 8.69. The monoisotopic (exact) mass is 499 g/mol. The first-order chi connectivity index (χ1) is 16.8. The third kappa shape index (κ3) is 5.96. The lowest BCUT2D eigenvalue weighted by atomic mass is 9.93. The average Bonchev–Trinajstić information content (AvgIpc) is 2.83. The molecule has 2 unspecified atom stereocenters. The van der Waals surface area contributed by atoms with Crippen LogP contribution in [0.25, 0.3) is 10.9 Å². The topological polar surface area (TPSA) is 129 Å². The number of likely N-dealkylation sites (tertiary alicyclic amines) is 1. The van der Waals surface area contributed by atoms with Crippen molar-refractivity contribution < 1.29 is 28.2 Å². The van der Waals surface area contributed by atoms with E-state index in [9.17, 15) is 18.3 Å². The van der Waals surface area contributed by atoms with E-state index in [-0.39, 0.29) is 18.0 Å². The Morgan fingerprint density at radius 2 is 1.94 bits per heavy atom. The molecule has 3 aromatic rings. The summed E-state index contributed by atoms with van der Waals surface area (Å²) >= 11 is 0. The van der Waals surface area contributed by atoms with Gasteiger partial charge in [0.25, 0.3) is 0 Å². The van der Waals surface area contributed by atoms with Gasteiger partial charge in [0.1, 0.15) is 12.4 Å². The number of carbonyl (C=O) groups is 1. The van der Waals surface area contributed by atoms with Crippen LogP contribution in [0, 0.1) is 12.8 Å². The van der Waals surface area contributed by atoms with Gasteiger partial charge in [0.15, 0.2) is 0 Å². The van der Waals surface area contributed by atoms with E-state index >= 15 is 0 Å². The minimum Gasteiger partial charge on any atom is -0.489 e. The number of ether oxygens (including phenoxy) is 1. The van der Waals surface area contributed by atoms with Crippen LogP contribution in [0.4, 0.5) is 0 Å². The number of hydrogen-bond donors (Lipinski definition) is 3. The van der Waals surface area contributed by atoms with Gasteiger partial charge >= 0.3 is 5.97 Å². The Kier molecular flexibility index (Phi) is 7.66. The molecule has 4 rings (SSSR count). The van der Waals surface area contributed by atoms with Crippen LogP contribution < -0.4 is 9.46 Å². The van der Waals surface area contributed by atoms with Gasteiger partial charge in [-0.3, -0.25) is 9.78 Å². The van der Waals surface area contributed by atoms with Gasteiger partial charge in [-0.15, -0.1) is 0 Å². The number of para-hydroxylation sites is 1. The molecule has 0 aliphatic carbocycles. The van der Waals surface area contributed by atoms with E-state index in [2.05, 4.69) is 9.71 Å². The summed E-state index contributed by atoms with van der Waals surface area (Å²) in [6.45, 7) is 3.20. The maximum atomic E-state index is 12.9. The lowest BCUT2D eigenvalue weighted by molar-refractivity contribution is -0.144. The summed E-state index contributed by atoms with van der Waals surface area (Å²) < 4.78 is 34.4. The van der Waals surface area contributed by atoms with Gasteiger partial charge in [0.05, 0.1) is 22.9 Å². The molecule has 0 saturated carbocycles. The van der Waals surface area contributed by atoms with Crippen LogP contribution >= 0.6 is 0 Å². The Hall–Kier alpha value is -3.05. The van der Waals surface area contributed by atoms with E-state index < -0.39 is 28.0 Å². The number of sulfonamides is 1. The smallest absolute Gasteiger partial charge is 0.309 e. The van der Waals surface area contributed by atoms with E-state index in [4.69, 9.17) is 9.84 Å². The molecule has 9 nitrogen and oxygen atoms in total. The molecule has 2 aromatic carbocycles. The van der Waals surface area contributed by atoms with Crippen LogP contribution in [-0.2, 0) is 21.4 Å². The second-order valence-corrected chi connectivity index (χ2v) is 10.4. The molecule has 35 heavy (non-hydrogen) atoms. The van der Waals surface area contributed by atoms with Crippen molar-refractivity contribution in [2.24, 2.45) is 5.92 Å². The zero-order valence-electron chi connectivity index (χ0n) is 19.4. The lowest BCUT2D eigenvalue weighted by Crippen LogP contribution is -2.53. The maximum absolute atomic E-state index is 12.9. The molecule has 3 N–H and O–H groups in total. The number of pyridine rings is 1. The van der Waals surface area contributed by atoms with Crippen molar-refractivity contribution in [3.8, 4) is 5.75 Å². The Morgan fingerprint density at radius 3 is 2.66 bits per heavy atom. The molecule has 1 aromatic heterocycles. The molecule has 10 heteroatoms. The lowest BCUT2D eigenvalue weighted by Gasteiger charge is -2.36. The number of hydrogen-bond acceptors (Lipinski definition) is 7. The molecule has 1 fully saturated rings. The predicted molar refractivity (Wildman–Crippen MR) is 131 cm³/mol. The number of benzene rings is 2. The van der Waals surface area contributed by atoms with Gasteiger partial charge in [0, 0.05) is 35.8 Å². The molecular weight excluding hydrogens is 470 g/mol. The molecular formula is C25H29N3O6S. The molecule has 1 saturated heterocycles. The largest absolute Gasteiger partial charge is 0.489 e. The van der Waals surface area contributed by atoms with Gasteiger partial charge in [-0.2, -0.15) is 0 Å². The maximum Gasteiger partial charge on any atom is 0.309 e. The average molecular weight is 500 g/mol. The number of rotatable bonds is 9. The molecule has 186 valence electrons. The quantitative estimate of drug-likeness (QED) is 0.409. The summed E-state index contributed by atoms with van der Waals surface area (Å²) in [6, 6.07) is 15.1. The molecule has 1 aliphatic heterocycles. The summed E-state index contributed by atoms with van der Waals surface area (Å²) in [4.78, 5) is 18.1. The van der Waals surface area contributed by atoms with Crippen LogP contribution in [0.5, 0.6) is 5.75 Å². The third-order valence-corrected chi connectivity index (χ3v) is 7.70. The van der Waals surface area contributed by atoms with Crippen molar-refractivity contribution in [3.05, 3.63) is 65.9 Å². The van der Waals surface area contributed by atoms with Crippen molar-refractivity contribution in [2.45, 2.75) is 30.9 Å². The zero-order valence-corrected chi connectivity index (χ0v) is 20.2. The van der Waals surface area contributed by atoms with E-state index in [1.54, 1.807) is 12.1 Å². The number of aliphatic carboxylic acids is 1. The summed E-state index contributed by atoms with van der Waals surface area (Å²) in [7, 11) is -3.92. The standard InChI is InChI=1S/C25H29N3O6S/c1-17-14-18(21-4-2-3-5-23(21)26-17)16-34-19-6-8-20(9-7-19)35(32,33)27-24-10-11-28(12-13-29)15-22(24)25(30)31/h2-9,14,22,24,27,29H,10-13,15-16H2,1H3,(H,30,31). The van der Waals surface area contributed by atoms with Crippen molar-refractivity contribution in [1.82, 2.24) is 14.6 Å². The number of nitrogens with zero attached hydrogens (tertiary/aromatic N) is 2. The summed E-state index contributed by atoms with van der Waals surface area (Å²) in [6.07, 6.45) is 0.344. The highest BCUT2D eigenvalue weighted by Crippen LogP contribution is 2.24. The number of aromatic nitrogens is 1. The Morgan fingerprint density at radius 1 is 1.20 bits per heavy atom. The van der Waals surface area contributed by atoms with Crippen LogP contribution in [0.2, 0.25) is 0 Å². The third-order valence-electron chi connectivity index (χ3n) is 6.20. The first-order valence-electron chi connectivity index (χ1n) is 11.4. The van der Waals surface area contributed by atoms with Crippen molar-refractivity contribution >= 4 is 26.9 Å². The number of fused-ring (bicyclic) bond motifs is 1. The van der Waals surface area contributed by atoms with Gasteiger partial charge in [-0.25, -0.2) is 13.1 Å². The number of piperidine rings is 1. The zero-order chi connectivity index (χ0) is 25.0. The van der Waals surface area contributed by atoms with Gasteiger partial charge in [0.2, 0.25) is 10.0 Å². The highest BCUT2D eigenvalue weighted by Gasteiger charge is 2.36. The Bertz CT molecular complexity index is 1300. The SMILES string of the molecule is Cc1cc(COc2ccc(S(=O)(=O)NC3CCN(CCO)CC3C(=O)O)cc2)c2ccccc2n1. The normalized spacial score (nSPS) is 19.0. The van der Waals surface area contributed by atoms with Crippen LogP contribution in [0.15, 0.2) is 59.5 Å². The van der Waals surface area contributed by atoms with E-state index in [0.717, 1.165) is 22.2 Å². The number of carboxylic acids is 1. The molecule has 0 amide bonds. The molecule has 1 aliphatic rings.